The minimum atomic E-state index is 0.536. The molecule has 0 fully saturated rings. The first-order valence-corrected chi connectivity index (χ1v) is 6.94. The van der Waals surface area contributed by atoms with E-state index in [1.54, 1.807) is 18.4 Å². The number of aromatic nitrogens is 2. The molecule has 2 heterocycles. The summed E-state index contributed by atoms with van der Waals surface area (Å²) >= 11 is 1.71. The Kier molecular flexibility index (Phi) is 2.91. The van der Waals surface area contributed by atoms with Crippen molar-refractivity contribution in [2.75, 3.05) is 12.8 Å². The highest BCUT2D eigenvalue weighted by atomic mass is 32.1. The largest absolute Gasteiger partial charge is 0.497 e. The first-order valence-electron chi connectivity index (χ1n) is 6.00. The Morgan fingerprint density at radius 3 is 2.89 bits per heavy atom. The normalized spacial score (nSPS) is 11.1. The van der Waals surface area contributed by atoms with Crippen LogP contribution in [0.25, 0.3) is 11.0 Å². The van der Waals surface area contributed by atoms with Gasteiger partial charge in [-0.3, -0.25) is 0 Å². The molecule has 0 amide bonds. The van der Waals surface area contributed by atoms with Crippen molar-refractivity contribution >= 4 is 28.3 Å². The molecule has 0 saturated carbocycles. The minimum absolute atomic E-state index is 0.536. The van der Waals surface area contributed by atoms with E-state index in [0.717, 1.165) is 23.3 Å². The molecule has 3 aromatic rings. The highest BCUT2D eigenvalue weighted by Gasteiger charge is 2.10. The molecule has 98 valence electrons. The number of anilines is 1. The summed E-state index contributed by atoms with van der Waals surface area (Å²) in [5, 5.41) is 4.30. The quantitative estimate of drug-likeness (QED) is 0.798. The molecule has 5 heteroatoms. The molecule has 0 aliphatic rings. The smallest absolute Gasteiger partial charge is 0.201 e. The van der Waals surface area contributed by atoms with Crippen molar-refractivity contribution < 1.29 is 4.74 Å². The third-order valence-corrected chi connectivity index (χ3v) is 4.19. The maximum Gasteiger partial charge on any atom is 0.201 e. The zero-order valence-corrected chi connectivity index (χ0v) is 11.7. The molecule has 0 atom stereocenters. The number of nitrogens with zero attached hydrogens (tertiary/aromatic N) is 2. The van der Waals surface area contributed by atoms with Crippen LogP contribution in [0.5, 0.6) is 5.75 Å². The molecule has 2 aromatic heterocycles. The van der Waals surface area contributed by atoms with E-state index >= 15 is 0 Å². The lowest BCUT2D eigenvalue weighted by atomic mass is 10.2. The van der Waals surface area contributed by atoms with Crippen LogP contribution in [0.2, 0.25) is 0 Å². The zero-order chi connectivity index (χ0) is 13.4. The van der Waals surface area contributed by atoms with E-state index in [0.29, 0.717) is 5.95 Å². The van der Waals surface area contributed by atoms with Crippen LogP contribution >= 0.6 is 11.3 Å². The van der Waals surface area contributed by atoms with E-state index in [4.69, 9.17) is 10.5 Å². The molecular weight excluding hydrogens is 258 g/mol. The fraction of sp³-hybridized carbons (Fsp3) is 0.214. The summed E-state index contributed by atoms with van der Waals surface area (Å²) in [5.41, 5.74) is 10.5. The highest BCUT2D eigenvalue weighted by molar-refractivity contribution is 7.08. The summed E-state index contributed by atoms with van der Waals surface area (Å²) in [6.07, 6.45) is 0. The van der Waals surface area contributed by atoms with Gasteiger partial charge in [0.25, 0.3) is 0 Å². The molecule has 1 aromatic carbocycles. The first-order chi connectivity index (χ1) is 9.19. The van der Waals surface area contributed by atoms with Gasteiger partial charge in [-0.25, -0.2) is 4.98 Å². The number of methoxy groups -OCH3 is 1. The van der Waals surface area contributed by atoms with Gasteiger partial charge in [-0.15, -0.1) is 0 Å². The summed E-state index contributed by atoms with van der Waals surface area (Å²) in [7, 11) is 1.65. The molecule has 2 N–H and O–H groups in total. The van der Waals surface area contributed by atoms with Gasteiger partial charge in [-0.05, 0) is 40.9 Å². The number of hydrogen-bond donors (Lipinski definition) is 1. The number of ether oxygens (including phenoxy) is 1. The average molecular weight is 273 g/mol. The standard InChI is InChI=1S/C14H15N3OS/c1-9-7-19-8-10(9)6-17-13-4-3-11(18-2)5-12(13)16-14(17)15/h3-5,7-8H,6H2,1-2H3,(H2,15,16). The van der Waals surface area contributed by atoms with Gasteiger partial charge in [-0.2, -0.15) is 11.3 Å². The third-order valence-electron chi connectivity index (χ3n) is 3.28. The number of hydrogen-bond acceptors (Lipinski definition) is 4. The zero-order valence-electron chi connectivity index (χ0n) is 10.9. The van der Waals surface area contributed by atoms with Gasteiger partial charge in [0.05, 0.1) is 24.7 Å². The van der Waals surface area contributed by atoms with Crippen molar-refractivity contribution in [3.63, 3.8) is 0 Å². The van der Waals surface area contributed by atoms with Crippen LogP contribution in [0.1, 0.15) is 11.1 Å². The molecule has 19 heavy (non-hydrogen) atoms. The van der Waals surface area contributed by atoms with Crippen LogP contribution in [-0.2, 0) is 6.54 Å². The average Bonchev–Trinajstić information content (AvgIpc) is 2.94. The van der Waals surface area contributed by atoms with Crippen molar-refractivity contribution in [1.29, 1.82) is 0 Å². The van der Waals surface area contributed by atoms with Crippen LogP contribution in [0.15, 0.2) is 29.0 Å². The molecule has 0 bridgehead atoms. The van der Waals surface area contributed by atoms with Crippen molar-refractivity contribution in [2.45, 2.75) is 13.5 Å². The fourth-order valence-corrected chi connectivity index (χ4v) is 2.99. The Bertz CT molecular complexity index is 729. The maximum absolute atomic E-state index is 6.03. The number of fused-ring (bicyclic) bond motifs is 1. The Hall–Kier alpha value is -2.01. The van der Waals surface area contributed by atoms with E-state index in [-0.39, 0.29) is 0 Å². The van der Waals surface area contributed by atoms with E-state index in [1.165, 1.54) is 11.1 Å². The van der Waals surface area contributed by atoms with Crippen LogP contribution in [0, 0.1) is 6.92 Å². The Morgan fingerprint density at radius 2 is 2.21 bits per heavy atom. The number of aryl methyl sites for hydroxylation is 1. The molecular formula is C14H15N3OS. The van der Waals surface area contributed by atoms with E-state index in [9.17, 15) is 0 Å². The number of rotatable bonds is 3. The number of benzene rings is 1. The molecule has 4 nitrogen and oxygen atoms in total. The van der Waals surface area contributed by atoms with Crippen LogP contribution in [0.3, 0.4) is 0 Å². The van der Waals surface area contributed by atoms with Crippen LogP contribution in [-0.4, -0.2) is 16.7 Å². The SMILES string of the molecule is COc1ccc2c(c1)nc(N)n2Cc1cscc1C. The van der Waals surface area contributed by atoms with E-state index < -0.39 is 0 Å². The number of nitrogen functional groups attached to an aromatic ring is 1. The second-order valence-corrected chi connectivity index (χ2v) is 5.23. The summed E-state index contributed by atoms with van der Waals surface area (Å²) in [4.78, 5) is 4.40. The maximum atomic E-state index is 6.03. The van der Waals surface area contributed by atoms with Gasteiger partial charge >= 0.3 is 0 Å². The highest BCUT2D eigenvalue weighted by Crippen LogP contribution is 2.25. The van der Waals surface area contributed by atoms with Gasteiger partial charge in [0.2, 0.25) is 5.95 Å². The lowest BCUT2D eigenvalue weighted by Crippen LogP contribution is -2.04. The Morgan fingerprint density at radius 1 is 1.37 bits per heavy atom. The monoisotopic (exact) mass is 273 g/mol. The van der Waals surface area contributed by atoms with Crippen molar-refractivity contribution in [3.05, 3.63) is 40.1 Å². The number of imidazole rings is 1. The van der Waals surface area contributed by atoms with Gasteiger partial charge in [0.1, 0.15) is 5.75 Å². The molecule has 3 rings (SSSR count). The van der Waals surface area contributed by atoms with Gasteiger partial charge in [0.15, 0.2) is 0 Å². The molecule has 0 unspecified atom stereocenters. The first kappa shape index (κ1) is 12.0. The molecule has 0 saturated heterocycles. The summed E-state index contributed by atoms with van der Waals surface area (Å²) in [5.74, 6) is 1.33. The second kappa shape index (κ2) is 4.59. The lowest BCUT2D eigenvalue weighted by Gasteiger charge is -2.06. The van der Waals surface area contributed by atoms with Gasteiger partial charge < -0.3 is 15.0 Å². The van der Waals surface area contributed by atoms with Crippen LogP contribution in [0.4, 0.5) is 5.95 Å². The summed E-state index contributed by atoms with van der Waals surface area (Å²) in [6.45, 7) is 2.87. The second-order valence-electron chi connectivity index (χ2n) is 4.49. The minimum Gasteiger partial charge on any atom is -0.497 e. The number of nitrogens with two attached hydrogens (primary N) is 1. The predicted molar refractivity (Wildman–Crippen MR) is 78.9 cm³/mol. The van der Waals surface area contributed by atoms with E-state index in [1.807, 2.05) is 22.8 Å². The molecule has 0 radical (unpaired) electrons. The summed E-state index contributed by atoms with van der Waals surface area (Å²) in [6, 6.07) is 5.84. The van der Waals surface area contributed by atoms with Gasteiger partial charge in [0, 0.05) is 6.07 Å². The lowest BCUT2D eigenvalue weighted by molar-refractivity contribution is 0.415. The third kappa shape index (κ3) is 2.06. The number of thiophene rings is 1. The Labute approximate surface area is 115 Å². The molecule has 0 aliphatic carbocycles. The molecule has 0 spiro atoms. The van der Waals surface area contributed by atoms with Crippen molar-refractivity contribution in [1.82, 2.24) is 9.55 Å². The summed E-state index contributed by atoms with van der Waals surface area (Å²) < 4.78 is 7.24. The van der Waals surface area contributed by atoms with Gasteiger partial charge in [-0.1, -0.05) is 0 Å². The topological polar surface area (TPSA) is 53.1 Å². The van der Waals surface area contributed by atoms with Crippen LogP contribution < -0.4 is 10.5 Å². The fourth-order valence-electron chi connectivity index (χ4n) is 2.14. The molecule has 0 aliphatic heterocycles. The Balaban J connectivity index is 2.08. The van der Waals surface area contributed by atoms with Crippen molar-refractivity contribution in [2.24, 2.45) is 0 Å². The van der Waals surface area contributed by atoms with E-state index in [2.05, 4.69) is 22.7 Å². The predicted octanol–water partition coefficient (Wildman–Crippen LogP) is 3.05. The van der Waals surface area contributed by atoms with Crippen molar-refractivity contribution in [3.8, 4) is 5.75 Å².